The molecule has 2 aromatic carbocycles. The number of anilines is 1. The Labute approximate surface area is 151 Å². The Balaban J connectivity index is 1.69. The average Bonchev–Trinajstić information content (AvgIpc) is 3.37. The zero-order valence-corrected chi connectivity index (χ0v) is 14.8. The van der Waals surface area contributed by atoms with E-state index in [0.717, 1.165) is 29.8 Å². The first-order valence-corrected chi connectivity index (χ1v) is 8.76. The van der Waals surface area contributed by atoms with Crippen molar-refractivity contribution in [1.82, 2.24) is 9.78 Å². The lowest BCUT2D eigenvalue weighted by atomic mass is 10.1. The van der Waals surface area contributed by atoms with E-state index in [2.05, 4.69) is 10.4 Å². The van der Waals surface area contributed by atoms with Crippen molar-refractivity contribution in [1.29, 1.82) is 0 Å². The maximum absolute atomic E-state index is 13.8. The highest BCUT2D eigenvalue weighted by Crippen LogP contribution is 2.42. The number of para-hydroxylation sites is 1. The number of aryl methyl sites for hydroxylation is 2. The highest BCUT2D eigenvalue weighted by Gasteiger charge is 2.33. The molecule has 1 N–H and O–H groups in total. The summed E-state index contributed by atoms with van der Waals surface area (Å²) >= 11 is 0. The molecule has 4 nitrogen and oxygen atoms in total. The largest absolute Gasteiger partial charge is 0.322 e. The lowest BCUT2D eigenvalue weighted by molar-refractivity contribution is 0.102. The van der Waals surface area contributed by atoms with Crippen LogP contribution in [0.4, 0.5) is 10.1 Å². The molecule has 132 valence electrons. The molecular weight excluding hydrogens is 329 g/mol. The fourth-order valence-electron chi connectivity index (χ4n) is 3.14. The lowest BCUT2D eigenvalue weighted by Crippen LogP contribution is -2.14. The highest BCUT2D eigenvalue weighted by molar-refractivity contribution is 6.05. The van der Waals surface area contributed by atoms with Gasteiger partial charge >= 0.3 is 0 Å². The third kappa shape index (κ3) is 3.01. The van der Waals surface area contributed by atoms with Gasteiger partial charge in [-0.2, -0.15) is 5.10 Å². The summed E-state index contributed by atoms with van der Waals surface area (Å²) in [5, 5.41) is 7.28. The Morgan fingerprint density at radius 1 is 1.15 bits per heavy atom. The van der Waals surface area contributed by atoms with Gasteiger partial charge in [-0.15, -0.1) is 0 Å². The van der Waals surface area contributed by atoms with Crippen LogP contribution in [0.1, 0.15) is 45.9 Å². The highest BCUT2D eigenvalue weighted by atomic mass is 19.1. The number of benzene rings is 2. The Morgan fingerprint density at radius 2 is 1.92 bits per heavy atom. The van der Waals surface area contributed by atoms with E-state index in [1.165, 1.54) is 6.07 Å². The van der Waals surface area contributed by atoms with E-state index < -0.39 is 0 Å². The van der Waals surface area contributed by atoms with Crippen LogP contribution in [0.5, 0.6) is 0 Å². The number of hydrogen-bond acceptors (Lipinski definition) is 2. The van der Waals surface area contributed by atoms with Crippen molar-refractivity contribution in [2.24, 2.45) is 0 Å². The predicted molar refractivity (Wildman–Crippen MR) is 99.4 cm³/mol. The normalized spacial score (nSPS) is 13.7. The van der Waals surface area contributed by atoms with Gasteiger partial charge < -0.3 is 5.32 Å². The summed E-state index contributed by atoms with van der Waals surface area (Å²) in [6.45, 7) is 3.72. The summed E-state index contributed by atoms with van der Waals surface area (Å²) in [6, 6.07) is 12.7. The molecule has 26 heavy (non-hydrogen) atoms. The third-order valence-electron chi connectivity index (χ3n) is 4.79. The minimum absolute atomic E-state index is 0.255. The molecule has 0 unspecified atom stereocenters. The molecule has 0 radical (unpaired) electrons. The van der Waals surface area contributed by atoms with Gasteiger partial charge in [-0.3, -0.25) is 4.79 Å². The van der Waals surface area contributed by atoms with E-state index in [0.29, 0.717) is 22.7 Å². The summed E-state index contributed by atoms with van der Waals surface area (Å²) in [4.78, 5) is 12.8. The standard InChI is InChI=1S/C21H20FN3O/c1-13-7-10-16(11-18(13)22)24-21(26)17-12-23-25(20(17)15-8-9-15)19-6-4-3-5-14(19)2/h3-7,10-12,15H,8-9H2,1-2H3,(H,24,26). The molecule has 1 aliphatic carbocycles. The van der Waals surface area contributed by atoms with E-state index in [9.17, 15) is 9.18 Å². The molecule has 1 heterocycles. The van der Waals surface area contributed by atoms with Crippen molar-refractivity contribution in [2.45, 2.75) is 32.6 Å². The van der Waals surface area contributed by atoms with Gasteiger partial charge in [0, 0.05) is 11.6 Å². The van der Waals surface area contributed by atoms with Crippen LogP contribution < -0.4 is 5.32 Å². The molecule has 1 aliphatic rings. The fraction of sp³-hybridized carbons (Fsp3) is 0.238. The molecule has 1 amide bonds. The first-order chi connectivity index (χ1) is 12.5. The van der Waals surface area contributed by atoms with Crippen LogP contribution in [0.25, 0.3) is 5.69 Å². The molecule has 4 rings (SSSR count). The van der Waals surface area contributed by atoms with Crippen LogP contribution in [-0.2, 0) is 0 Å². The van der Waals surface area contributed by atoms with Gasteiger partial charge in [-0.25, -0.2) is 9.07 Å². The average molecular weight is 349 g/mol. The number of halogens is 1. The van der Waals surface area contributed by atoms with Gasteiger partial charge in [0.1, 0.15) is 5.82 Å². The second kappa shape index (κ2) is 6.41. The summed E-state index contributed by atoms with van der Waals surface area (Å²) < 4.78 is 15.6. The molecule has 5 heteroatoms. The zero-order valence-electron chi connectivity index (χ0n) is 14.8. The minimum Gasteiger partial charge on any atom is -0.322 e. The number of rotatable bonds is 4. The van der Waals surface area contributed by atoms with Gasteiger partial charge in [-0.05, 0) is 56.0 Å². The van der Waals surface area contributed by atoms with Crippen LogP contribution in [0.2, 0.25) is 0 Å². The van der Waals surface area contributed by atoms with E-state index >= 15 is 0 Å². The maximum Gasteiger partial charge on any atom is 0.259 e. The van der Waals surface area contributed by atoms with E-state index in [-0.39, 0.29) is 11.7 Å². The number of carbonyl (C=O) groups is 1. The molecule has 1 aromatic heterocycles. The molecule has 3 aromatic rings. The van der Waals surface area contributed by atoms with Crippen molar-refractivity contribution < 1.29 is 9.18 Å². The Kier molecular flexibility index (Phi) is 4.07. The fourth-order valence-corrected chi connectivity index (χ4v) is 3.14. The first-order valence-electron chi connectivity index (χ1n) is 8.76. The minimum atomic E-state index is -0.333. The molecule has 0 aliphatic heterocycles. The molecule has 0 spiro atoms. The van der Waals surface area contributed by atoms with E-state index in [1.54, 1.807) is 25.3 Å². The molecule has 0 saturated heterocycles. The second-order valence-electron chi connectivity index (χ2n) is 6.83. The van der Waals surface area contributed by atoms with Crippen LogP contribution in [0.3, 0.4) is 0 Å². The topological polar surface area (TPSA) is 46.9 Å². The van der Waals surface area contributed by atoms with Gasteiger partial charge in [-0.1, -0.05) is 24.3 Å². The Bertz CT molecular complexity index is 989. The van der Waals surface area contributed by atoms with Crippen molar-refractivity contribution in [3.63, 3.8) is 0 Å². The summed E-state index contributed by atoms with van der Waals surface area (Å²) in [7, 11) is 0. The quantitative estimate of drug-likeness (QED) is 0.738. The molecular formula is C21H20FN3O. The van der Waals surface area contributed by atoms with Crippen LogP contribution >= 0.6 is 0 Å². The summed E-state index contributed by atoms with van der Waals surface area (Å²) in [6.07, 6.45) is 3.72. The van der Waals surface area contributed by atoms with Crippen LogP contribution in [-0.4, -0.2) is 15.7 Å². The molecule has 0 atom stereocenters. The smallest absolute Gasteiger partial charge is 0.259 e. The van der Waals surface area contributed by atoms with Gasteiger partial charge in [0.15, 0.2) is 0 Å². The number of carbonyl (C=O) groups excluding carboxylic acids is 1. The maximum atomic E-state index is 13.8. The van der Waals surface area contributed by atoms with Crippen molar-refractivity contribution >= 4 is 11.6 Å². The molecule has 1 fully saturated rings. The van der Waals surface area contributed by atoms with Crippen molar-refractivity contribution in [2.75, 3.05) is 5.32 Å². The molecule has 1 saturated carbocycles. The number of aromatic nitrogens is 2. The van der Waals surface area contributed by atoms with Crippen molar-refractivity contribution in [3.05, 3.63) is 76.9 Å². The van der Waals surface area contributed by atoms with Gasteiger partial charge in [0.05, 0.1) is 23.1 Å². The first kappa shape index (κ1) is 16.5. The summed E-state index contributed by atoms with van der Waals surface area (Å²) in [5.74, 6) is -0.247. The lowest BCUT2D eigenvalue weighted by Gasteiger charge is -2.11. The number of amides is 1. The predicted octanol–water partition coefficient (Wildman–Crippen LogP) is 4.76. The molecule has 0 bridgehead atoms. The van der Waals surface area contributed by atoms with Gasteiger partial charge in [0.2, 0.25) is 0 Å². The van der Waals surface area contributed by atoms with Crippen LogP contribution in [0.15, 0.2) is 48.7 Å². The number of nitrogens with zero attached hydrogens (tertiary/aromatic N) is 2. The SMILES string of the molecule is Cc1ccc(NC(=O)c2cnn(-c3ccccc3C)c2C2CC2)cc1F. The Hall–Kier alpha value is -2.95. The summed E-state index contributed by atoms with van der Waals surface area (Å²) in [5.41, 5.74) is 4.57. The number of nitrogens with one attached hydrogen (secondary N) is 1. The second-order valence-corrected chi connectivity index (χ2v) is 6.83. The van der Waals surface area contributed by atoms with Crippen LogP contribution in [0, 0.1) is 19.7 Å². The zero-order chi connectivity index (χ0) is 18.3. The Morgan fingerprint density at radius 3 is 2.62 bits per heavy atom. The number of hydrogen-bond donors (Lipinski definition) is 1. The van der Waals surface area contributed by atoms with E-state index in [1.807, 2.05) is 35.9 Å². The van der Waals surface area contributed by atoms with Gasteiger partial charge in [0.25, 0.3) is 5.91 Å². The van der Waals surface area contributed by atoms with Crippen molar-refractivity contribution in [3.8, 4) is 5.69 Å². The monoisotopic (exact) mass is 349 g/mol. The third-order valence-corrected chi connectivity index (χ3v) is 4.79. The van der Waals surface area contributed by atoms with E-state index in [4.69, 9.17) is 0 Å².